The Labute approximate surface area is 161 Å². The topological polar surface area (TPSA) is 92.3 Å². The number of nitrogens with zero attached hydrogens (tertiary/aromatic N) is 2. The number of nitrogens with one attached hydrogen (secondary N) is 2. The minimum atomic E-state index is -2.85. The van der Waals surface area contributed by atoms with Crippen molar-refractivity contribution in [1.29, 1.82) is 0 Å². The van der Waals surface area contributed by atoms with Crippen LogP contribution in [0.5, 0.6) is 11.5 Å². The first-order valence-corrected chi connectivity index (χ1v) is 11.1. The molecule has 1 aliphatic heterocycles. The second kappa shape index (κ2) is 10.4. The van der Waals surface area contributed by atoms with E-state index >= 15 is 0 Å². The Kier molecular flexibility index (Phi) is 8.18. The molecule has 1 fully saturated rings. The summed E-state index contributed by atoms with van der Waals surface area (Å²) in [6.45, 7) is 7.73. The molecule has 8 nitrogen and oxygen atoms in total. The van der Waals surface area contributed by atoms with E-state index in [2.05, 4.69) is 20.5 Å². The number of anilines is 1. The Morgan fingerprint density at radius 2 is 1.96 bits per heavy atom. The minimum absolute atomic E-state index is 0.237. The first kappa shape index (κ1) is 21.3. The van der Waals surface area contributed by atoms with Crippen LogP contribution >= 0.6 is 0 Å². The van der Waals surface area contributed by atoms with Gasteiger partial charge in [0.1, 0.15) is 0 Å². The van der Waals surface area contributed by atoms with Crippen molar-refractivity contribution < 1.29 is 17.9 Å². The summed E-state index contributed by atoms with van der Waals surface area (Å²) in [5.41, 5.74) is 0.846. The fraction of sp³-hybridized carbons (Fsp3) is 0.611. The number of methoxy groups -OCH3 is 1. The highest BCUT2D eigenvalue weighted by molar-refractivity contribution is 7.91. The van der Waals surface area contributed by atoms with Crippen molar-refractivity contribution in [3.8, 4) is 11.5 Å². The van der Waals surface area contributed by atoms with Crippen molar-refractivity contribution in [2.24, 2.45) is 4.99 Å². The normalized spacial score (nSPS) is 17.4. The number of benzene rings is 1. The van der Waals surface area contributed by atoms with Crippen LogP contribution in [0.4, 0.5) is 5.69 Å². The molecule has 1 heterocycles. The van der Waals surface area contributed by atoms with Gasteiger partial charge in [-0.1, -0.05) is 0 Å². The number of rotatable bonds is 8. The van der Waals surface area contributed by atoms with E-state index in [1.165, 1.54) is 0 Å². The van der Waals surface area contributed by atoms with Crippen LogP contribution in [0.1, 0.15) is 13.8 Å². The van der Waals surface area contributed by atoms with Crippen molar-refractivity contribution in [1.82, 2.24) is 10.2 Å². The molecule has 0 aliphatic carbocycles. The van der Waals surface area contributed by atoms with Gasteiger partial charge >= 0.3 is 0 Å². The van der Waals surface area contributed by atoms with Crippen LogP contribution in [0.3, 0.4) is 0 Å². The fourth-order valence-corrected chi connectivity index (χ4v) is 4.02. The van der Waals surface area contributed by atoms with Crippen LogP contribution in [0, 0.1) is 0 Å². The molecule has 2 rings (SSSR count). The molecule has 152 valence electrons. The molecule has 0 spiro atoms. The summed E-state index contributed by atoms with van der Waals surface area (Å²) >= 11 is 0. The zero-order valence-corrected chi connectivity index (χ0v) is 17.1. The lowest BCUT2D eigenvalue weighted by Gasteiger charge is -2.25. The Morgan fingerprint density at radius 1 is 1.22 bits per heavy atom. The second-order valence-corrected chi connectivity index (χ2v) is 8.48. The van der Waals surface area contributed by atoms with Gasteiger partial charge in [0.25, 0.3) is 0 Å². The molecule has 1 saturated heterocycles. The third-order valence-corrected chi connectivity index (χ3v) is 5.80. The first-order valence-electron chi connectivity index (χ1n) is 9.26. The first-order chi connectivity index (χ1) is 13.0. The standard InChI is InChI=1S/C18H30N4O4S/c1-4-19-18(20-8-9-22-10-12-27(23,24)13-11-22)21-15-6-7-16(26-5-2)17(14-15)25-3/h6-7,14H,4-5,8-13H2,1-3H3,(H2,19,20,21). The highest BCUT2D eigenvalue weighted by Crippen LogP contribution is 2.30. The largest absolute Gasteiger partial charge is 0.493 e. The van der Waals surface area contributed by atoms with Crippen molar-refractivity contribution >= 4 is 21.5 Å². The van der Waals surface area contributed by atoms with Crippen LogP contribution in [0.25, 0.3) is 0 Å². The van der Waals surface area contributed by atoms with E-state index in [-0.39, 0.29) is 11.5 Å². The van der Waals surface area contributed by atoms with E-state index in [1.807, 2.05) is 32.0 Å². The van der Waals surface area contributed by atoms with Gasteiger partial charge in [0.15, 0.2) is 27.3 Å². The Balaban J connectivity index is 1.95. The predicted octanol–water partition coefficient (Wildman–Crippen LogP) is 1.20. The smallest absolute Gasteiger partial charge is 0.195 e. The molecule has 1 aromatic rings. The second-order valence-electron chi connectivity index (χ2n) is 6.18. The van der Waals surface area contributed by atoms with Gasteiger partial charge in [-0.05, 0) is 26.0 Å². The molecule has 0 bridgehead atoms. The summed E-state index contributed by atoms with van der Waals surface area (Å²) in [6, 6.07) is 5.64. The minimum Gasteiger partial charge on any atom is -0.493 e. The maximum Gasteiger partial charge on any atom is 0.195 e. The molecule has 27 heavy (non-hydrogen) atoms. The van der Waals surface area contributed by atoms with Crippen molar-refractivity contribution in [3.05, 3.63) is 18.2 Å². The summed E-state index contributed by atoms with van der Waals surface area (Å²) in [7, 11) is -1.23. The molecule has 9 heteroatoms. The number of sulfone groups is 1. The summed E-state index contributed by atoms with van der Waals surface area (Å²) < 4.78 is 33.9. The molecule has 0 radical (unpaired) electrons. The van der Waals surface area contributed by atoms with E-state index in [1.54, 1.807) is 7.11 Å². The lowest BCUT2D eigenvalue weighted by molar-refractivity contribution is 0.304. The third-order valence-electron chi connectivity index (χ3n) is 4.19. The van der Waals surface area contributed by atoms with Crippen LogP contribution in [0.15, 0.2) is 23.2 Å². The molecule has 0 amide bonds. The average Bonchev–Trinajstić information content (AvgIpc) is 2.64. The zero-order chi connectivity index (χ0) is 19.7. The number of guanidine groups is 1. The SMILES string of the molecule is CCNC(=NCCN1CCS(=O)(=O)CC1)Nc1ccc(OCC)c(OC)c1. The lowest BCUT2D eigenvalue weighted by atomic mass is 10.2. The molecule has 1 aliphatic rings. The molecule has 0 unspecified atom stereocenters. The van der Waals surface area contributed by atoms with E-state index in [9.17, 15) is 8.42 Å². The van der Waals surface area contributed by atoms with Gasteiger partial charge in [0.2, 0.25) is 0 Å². The van der Waals surface area contributed by atoms with Gasteiger partial charge in [0.05, 0.1) is 31.8 Å². The Bertz CT molecular complexity index is 723. The maximum absolute atomic E-state index is 11.5. The van der Waals surface area contributed by atoms with Gasteiger partial charge in [-0.2, -0.15) is 0 Å². The summed E-state index contributed by atoms with van der Waals surface area (Å²) in [6.07, 6.45) is 0. The average molecular weight is 399 g/mol. The van der Waals surface area contributed by atoms with Gasteiger partial charge in [-0.15, -0.1) is 0 Å². The highest BCUT2D eigenvalue weighted by atomic mass is 32.2. The highest BCUT2D eigenvalue weighted by Gasteiger charge is 2.20. The van der Waals surface area contributed by atoms with Crippen LogP contribution in [-0.4, -0.2) is 77.2 Å². The maximum atomic E-state index is 11.5. The number of ether oxygens (including phenoxy) is 2. The van der Waals surface area contributed by atoms with E-state index < -0.39 is 9.84 Å². The predicted molar refractivity (Wildman–Crippen MR) is 109 cm³/mol. The molecule has 0 aromatic heterocycles. The molecular formula is C18H30N4O4S. The number of hydrogen-bond acceptors (Lipinski definition) is 6. The van der Waals surface area contributed by atoms with Gasteiger partial charge in [-0.25, -0.2) is 8.42 Å². The van der Waals surface area contributed by atoms with Gasteiger partial charge in [0, 0.05) is 37.9 Å². The van der Waals surface area contributed by atoms with Crippen molar-refractivity contribution in [2.45, 2.75) is 13.8 Å². The Hall–Kier alpha value is -2.00. The van der Waals surface area contributed by atoms with Crippen LogP contribution < -0.4 is 20.1 Å². The molecule has 2 N–H and O–H groups in total. The lowest BCUT2D eigenvalue weighted by Crippen LogP contribution is -2.41. The van der Waals surface area contributed by atoms with E-state index in [0.29, 0.717) is 43.7 Å². The summed E-state index contributed by atoms with van der Waals surface area (Å²) in [4.78, 5) is 6.72. The van der Waals surface area contributed by atoms with E-state index in [0.717, 1.165) is 18.8 Å². The summed E-state index contributed by atoms with van der Waals surface area (Å²) in [5.74, 6) is 2.51. The summed E-state index contributed by atoms with van der Waals surface area (Å²) in [5, 5.41) is 6.48. The number of aliphatic imine (C=N–C) groups is 1. The van der Waals surface area contributed by atoms with Crippen molar-refractivity contribution in [2.75, 3.05) is 63.3 Å². The molecule has 0 saturated carbocycles. The molecular weight excluding hydrogens is 368 g/mol. The Morgan fingerprint density at radius 3 is 2.59 bits per heavy atom. The zero-order valence-electron chi connectivity index (χ0n) is 16.3. The molecule has 1 aromatic carbocycles. The third kappa shape index (κ3) is 6.91. The monoisotopic (exact) mass is 398 g/mol. The van der Waals surface area contributed by atoms with Crippen LogP contribution in [0.2, 0.25) is 0 Å². The molecule has 0 atom stereocenters. The number of hydrogen-bond donors (Lipinski definition) is 2. The van der Waals surface area contributed by atoms with Gasteiger partial charge < -0.3 is 20.1 Å². The van der Waals surface area contributed by atoms with Crippen molar-refractivity contribution in [3.63, 3.8) is 0 Å². The fourth-order valence-electron chi connectivity index (χ4n) is 2.74. The van der Waals surface area contributed by atoms with Crippen LogP contribution in [-0.2, 0) is 9.84 Å². The van der Waals surface area contributed by atoms with E-state index in [4.69, 9.17) is 9.47 Å². The quantitative estimate of drug-likeness (QED) is 0.502. The van der Waals surface area contributed by atoms with Gasteiger partial charge in [-0.3, -0.25) is 9.89 Å².